The van der Waals surface area contributed by atoms with Gasteiger partial charge in [-0.3, -0.25) is 9.48 Å². The van der Waals surface area contributed by atoms with Gasteiger partial charge in [0.05, 0.1) is 22.4 Å². The molecule has 0 aromatic carbocycles. The first-order valence-corrected chi connectivity index (χ1v) is 8.24. The number of amides is 1. The van der Waals surface area contributed by atoms with Crippen molar-refractivity contribution >= 4 is 38.3 Å². The maximum atomic E-state index is 12.8. The van der Waals surface area contributed by atoms with Crippen LogP contribution in [0.1, 0.15) is 28.4 Å². The normalized spacial score (nSPS) is 11.8. The van der Waals surface area contributed by atoms with Gasteiger partial charge in [0.2, 0.25) is 5.91 Å². The number of carbonyl (C=O) groups is 1. The number of aromatic nitrogens is 3. The van der Waals surface area contributed by atoms with Crippen LogP contribution >= 0.6 is 27.3 Å². The van der Waals surface area contributed by atoms with Crippen LogP contribution in [0.3, 0.4) is 0 Å². The second-order valence-corrected chi connectivity index (χ2v) is 6.92. The molecule has 0 aliphatic heterocycles. The molecular weight excluding hydrogens is 397 g/mol. The minimum Gasteiger partial charge on any atom is -0.302 e. The predicted octanol–water partition coefficient (Wildman–Crippen LogP) is 4.07. The molecule has 0 fully saturated rings. The Balaban J connectivity index is 2.02. The van der Waals surface area contributed by atoms with Crippen molar-refractivity contribution in [2.45, 2.75) is 39.9 Å². The van der Waals surface area contributed by atoms with Gasteiger partial charge >= 0.3 is 6.18 Å². The molecular formula is C13H14BrF3N4OS. The number of carbonyl (C=O) groups excluding carboxylic acids is 1. The number of nitrogens with zero attached hydrogens (tertiary/aromatic N) is 3. The molecule has 0 spiro atoms. The van der Waals surface area contributed by atoms with Crippen molar-refractivity contribution < 1.29 is 18.0 Å². The molecule has 0 saturated heterocycles. The third-order valence-electron chi connectivity index (χ3n) is 3.23. The highest BCUT2D eigenvalue weighted by Crippen LogP contribution is 2.35. The zero-order chi connectivity index (χ0) is 17.4. The van der Waals surface area contributed by atoms with E-state index in [1.165, 1.54) is 22.9 Å². The molecule has 5 nitrogen and oxygen atoms in total. The van der Waals surface area contributed by atoms with Crippen LogP contribution in [0.5, 0.6) is 0 Å². The molecule has 0 radical (unpaired) electrons. The molecule has 2 heterocycles. The number of anilines is 1. The van der Waals surface area contributed by atoms with Gasteiger partial charge in [-0.1, -0.05) is 0 Å². The Hall–Kier alpha value is -1.42. The van der Waals surface area contributed by atoms with Gasteiger partial charge in [-0.05, 0) is 36.7 Å². The fourth-order valence-electron chi connectivity index (χ4n) is 1.84. The van der Waals surface area contributed by atoms with Gasteiger partial charge in [-0.15, -0.1) is 11.3 Å². The second-order valence-electron chi connectivity index (χ2n) is 4.93. The third-order valence-corrected chi connectivity index (χ3v) is 5.17. The van der Waals surface area contributed by atoms with Crippen LogP contribution in [0.4, 0.5) is 18.3 Å². The second kappa shape index (κ2) is 6.60. The largest absolute Gasteiger partial charge is 0.436 e. The molecule has 2 aromatic heterocycles. The topological polar surface area (TPSA) is 59.8 Å². The Labute approximate surface area is 143 Å². The van der Waals surface area contributed by atoms with Gasteiger partial charge < -0.3 is 5.32 Å². The molecule has 23 heavy (non-hydrogen) atoms. The Kier molecular flexibility index (Phi) is 5.14. The number of halogens is 4. The Morgan fingerprint density at radius 1 is 1.35 bits per heavy atom. The van der Waals surface area contributed by atoms with Crippen LogP contribution in [-0.2, 0) is 17.5 Å². The lowest BCUT2D eigenvalue weighted by Crippen LogP contribution is -2.16. The third kappa shape index (κ3) is 4.11. The summed E-state index contributed by atoms with van der Waals surface area (Å²) in [5, 5.41) is 6.65. The summed E-state index contributed by atoms with van der Waals surface area (Å²) in [6, 6.07) is 0. The summed E-state index contributed by atoms with van der Waals surface area (Å²) in [5.41, 5.74) is 0.180. The fourth-order valence-corrected chi connectivity index (χ4v) is 3.18. The van der Waals surface area contributed by atoms with E-state index >= 15 is 0 Å². The summed E-state index contributed by atoms with van der Waals surface area (Å²) >= 11 is 4.25. The molecule has 126 valence electrons. The molecule has 2 aromatic rings. The lowest BCUT2D eigenvalue weighted by molar-refractivity contribution is -0.142. The maximum Gasteiger partial charge on any atom is 0.436 e. The van der Waals surface area contributed by atoms with Crippen LogP contribution in [0.25, 0.3) is 0 Å². The van der Waals surface area contributed by atoms with Crippen LogP contribution in [0.2, 0.25) is 0 Å². The minimum atomic E-state index is -4.53. The van der Waals surface area contributed by atoms with Crippen LogP contribution in [0, 0.1) is 20.8 Å². The van der Waals surface area contributed by atoms with Gasteiger partial charge in [-0.2, -0.15) is 18.3 Å². The summed E-state index contributed by atoms with van der Waals surface area (Å²) < 4.78 is 39.4. The molecule has 0 aliphatic rings. The summed E-state index contributed by atoms with van der Waals surface area (Å²) in [6.07, 6.45) is -4.53. The molecule has 0 saturated carbocycles. The summed E-state index contributed by atoms with van der Waals surface area (Å²) in [5.74, 6) is -0.321. The molecule has 1 amide bonds. The van der Waals surface area contributed by atoms with Gasteiger partial charge in [0.25, 0.3) is 0 Å². The van der Waals surface area contributed by atoms with E-state index in [0.29, 0.717) is 10.8 Å². The van der Waals surface area contributed by atoms with Crippen molar-refractivity contribution in [1.82, 2.24) is 14.8 Å². The molecule has 2 rings (SSSR count). The van der Waals surface area contributed by atoms with E-state index in [9.17, 15) is 18.0 Å². The highest BCUT2D eigenvalue weighted by atomic mass is 79.9. The van der Waals surface area contributed by atoms with Crippen molar-refractivity contribution in [3.05, 3.63) is 26.4 Å². The Bertz CT molecular complexity index is 719. The summed E-state index contributed by atoms with van der Waals surface area (Å²) in [4.78, 5) is 17.1. The molecule has 0 unspecified atom stereocenters. The molecule has 10 heteroatoms. The van der Waals surface area contributed by atoms with Crippen LogP contribution in [0.15, 0.2) is 4.47 Å². The zero-order valence-corrected chi connectivity index (χ0v) is 15.0. The minimum absolute atomic E-state index is 0.00390. The fraction of sp³-hybridized carbons (Fsp3) is 0.462. The van der Waals surface area contributed by atoms with E-state index in [1.54, 1.807) is 0 Å². The number of nitrogens with one attached hydrogen (secondary N) is 1. The first-order chi connectivity index (χ1) is 10.6. The molecule has 0 atom stereocenters. The van der Waals surface area contributed by atoms with E-state index in [2.05, 4.69) is 31.3 Å². The van der Waals surface area contributed by atoms with E-state index in [4.69, 9.17) is 0 Å². The molecule has 0 aliphatic carbocycles. The standard InChI is InChI=1S/C13H14BrF3N4OS/c1-6-8(3)23-12(18-6)19-9(22)4-5-21-7(2)10(14)11(20-21)13(15,16)17/h4-5H2,1-3H3,(H,18,19,22). The number of alkyl halides is 3. The Morgan fingerprint density at radius 3 is 2.48 bits per heavy atom. The summed E-state index contributed by atoms with van der Waals surface area (Å²) in [6.45, 7) is 5.30. The van der Waals surface area contributed by atoms with Crippen molar-refractivity contribution in [3.8, 4) is 0 Å². The van der Waals surface area contributed by atoms with Crippen molar-refractivity contribution in [3.63, 3.8) is 0 Å². The van der Waals surface area contributed by atoms with Gasteiger partial charge in [-0.25, -0.2) is 4.98 Å². The first-order valence-electron chi connectivity index (χ1n) is 6.63. The van der Waals surface area contributed by atoms with Crippen LogP contribution in [-0.4, -0.2) is 20.7 Å². The number of thiazole rings is 1. The first kappa shape index (κ1) is 17.9. The summed E-state index contributed by atoms with van der Waals surface area (Å²) in [7, 11) is 0. The predicted molar refractivity (Wildman–Crippen MR) is 84.5 cm³/mol. The average molecular weight is 411 g/mol. The van der Waals surface area contributed by atoms with Gasteiger partial charge in [0.1, 0.15) is 0 Å². The average Bonchev–Trinajstić information content (AvgIpc) is 2.89. The quantitative estimate of drug-likeness (QED) is 0.825. The highest BCUT2D eigenvalue weighted by molar-refractivity contribution is 9.10. The number of aryl methyl sites for hydroxylation is 3. The molecule has 0 bridgehead atoms. The van der Waals surface area contributed by atoms with E-state index < -0.39 is 11.9 Å². The zero-order valence-electron chi connectivity index (χ0n) is 12.6. The van der Waals surface area contributed by atoms with E-state index in [1.807, 2.05) is 13.8 Å². The monoisotopic (exact) mass is 410 g/mol. The Morgan fingerprint density at radius 2 is 2.00 bits per heavy atom. The van der Waals surface area contributed by atoms with Crippen LogP contribution < -0.4 is 5.32 Å². The number of hydrogen-bond donors (Lipinski definition) is 1. The maximum absolute atomic E-state index is 12.8. The van der Waals surface area contributed by atoms with Gasteiger partial charge in [0.15, 0.2) is 10.8 Å². The molecule has 1 N–H and O–H groups in total. The van der Waals surface area contributed by atoms with E-state index in [0.717, 1.165) is 10.6 Å². The highest BCUT2D eigenvalue weighted by Gasteiger charge is 2.37. The van der Waals surface area contributed by atoms with Crippen molar-refractivity contribution in [1.29, 1.82) is 0 Å². The lowest BCUT2D eigenvalue weighted by atomic mass is 10.3. The number of rotatable bonds is 4. The van der Waals surface area contributed by atoms with E-state index in [-0.39, 0.29) is 23.3 Å². The lowest BCUT2D eigenvalue weighted by Gasteiger charge is -2.04. The van der Waals surface area contributed by atoms with Crippen molar-refractivity contribution in [2.24, 2.45) is 0 Å². The number of hydrogen-bond acceptors (Lipinski definition) is 4. The smallest absolute Gasteiger partial charge is 0.302 e. The SMILES string of the molecule is Cc1nc(NC(=O)CCn2nc(C(F)(F)F)c(Br)c2C)sc1C. The van der Waals surface area contributed by atoms with Gasteiger partial charge in [0, 0.05) is 11.3 Å². The van der Waals surface area contributed by atoms with Crippen molar-refractivity contribution in [2.75, 3.05) is 5.32 Å².